The predicted octanol–water partition coefficient (Wildman–Crippen LogP) is 1.18. The molecule has 0 aromatic rings. The number of alkyl halides is 2. The minimum Gasteiger partial charge on any atom is -0.466 e. The number of hydrogen-bond donors (Lipinski definition) is 1. The van der Waals surface area contributed by atoms with Crippen LogP contribution in [0.2, 0.25) is 0 Å². The molecule has 1 aliphatic carbocycles. The Labute approximate surface area is 87.2 Å². The van der Waals surface area contributed by atoms with E-state index in [1.54, 1.807) is 6.92 Å². The highest BCUT2D eigenvalue weighted by Gasteiger charge is 2.80. The molecule has 0 aromatic carbocycles. The van der Waals surface area contributed by atoms with E-state index in [1.807, 2.05) is 0 Å². The molecule has 0 aromatic heterocycles. The average molecular weight is 219 g/mol. The van der Waals surface area contributed by atoms with Gasteiger partial charge in [-0.3, -0.25) is 4.79 Å². The fraction of sp³-hybridized carbons (Fsp3) is 0.900. The molecule has 2 atom stereocenters. The number of carbonyl (C=O) groups is 1. The van der Waals surface area contributed by atoms with Crippen LogP contribution >= 0.6 is 0 Å². The molecule has 0 bridgehead atoms. The summed E-state index contributed by atoms with van der Waals surface area (Å²) in [5.74, 6) is -4.02. The van der Waals surface area contributed by atoms with Crippen molar-refractivity contribution in [3.63, 3.8) is 0 Å². The molecular weight excluding hydrogens is 204 g/mol. The molecule has 0 radical (unpaired) electrons. The Morgan fingerprint density at radius 2 is 2.33 bits per heavy atom. The molecule has 1 heterocycles. The lowest BCUT2D eigenvalue weighted by atomic mass is 10.0. The monoisotopic (exact) mass is 219 g/mol. The fourth-order valence-electron chi connectivity index (χ4n) is 2.59. The third-order valence-corrected chi connectivity index (χ3v) is 3.55. The molecule has 1 aliphatic heterocycles. The van der Waals surface area contributed by atoms with Crippen LogP contribution in [0.5, 0.6) is 0 Å². The molecule has 1 saturated heterocycles. The maximum Gasteiger partial charge on any atom is 0.306 e. The summed E-state index contributed by atoms with van der Waals surface area (Å²) in [5, 5.41) is 2.93. The van der Waals surface area contributed by atoms with Gasteiger partial charge in [0.1, 0.15) is 0 Å². The van der Waals surface area contributed by atoms with Crippen molar-refractivity contribution in [1.82, 2.24) is 5.32 Å². The first-order chi connectivity index (χ1) is 7.04. The van der Waals surface area contributed by atoms with E-state index in [2.05, 4.69) is 5.32 Å². The van der Waals surface area contributed by atoms with Crippen LogP contribution in [0.3, 0.4) is 0 Å². The minimum atomic E-state index is -2.69. The molecule has 2 rings (SSSR count). The van der Waals surface area contributed by atoms with Crippen molar-refractivity contribution >= 4 is 5.97 Å². The molecule has 1 N–H and O–H groups in total. The third-order valence-electron chi connectivity index (χ3n) is 3.55. The standard InChI is InChI=1S/C10H15F2NO2/c1-2-15-8(14)5-7-9(10(7,11)12)3-4-13-6-9/h7,13H,2-6H2,1H3. The van der Waals surface area contributed by atoms with Crippen LogP contribution in [0.25, 0.3) is 0 Å². The number of ether oxygens (including phenoxy) is 1. The highest BCUT2D eigenvalue weighted by Crippen LogP contribution is 2.70. The summed E-state index contributed by atoms with van der Waals surface area (Å²) in [4.78, 5) is 11.1. The quantitative estimate of drug-likeness (QED) is 0.724. The van der Waals surface area contributed by atoms with Crippen LogP contribution in [0, 0.1) is 11.3 Å². The first-order valence-corrected chi connectivity index (χ1v) is 5.29. The number of esters is 1. The van der Waals surface area contributed by atoms with Gasteiger partial charge in [0.2, 0.25) is 0 Å². The Hall–Kier alpha value is -0.710. The summed E-state index contributed by atoms with van der Waals surface area (Å²) in [5.41, 5.74) is -0.959. The van der Waals surface area contributed by atoms with Gasteiger partial charge in [-0.15, -0.1) is 0 Å². The predicted molar refractivity (Wildman–Crippen MR) is 49.6 cm³/mol. The highest BCUT2D eigenvalue weighted by atomic mass is 19.3. The SMILES string of the molecule is CCOC(=O)CC1C(F)(F)C12CCNC2. The summed E-state index contributed by atoms with van der Waals surface area (Å²) in [6.45, 7) is 2.87. The van der Waals surface area contributed by atoms with E-state index in [4.69, 9.17) is 4.74 Å². The second-order valence-electron chi connectivity index (χ2n) is 4.27. The van der Waals surface area contributed by atoms with Crippen molar-refractivity contribution in [3.05, 3.63) is 0 Å². The van der Waals surface area contributed by atoms with E-state index in [0.29, 0.717) is 19.5 Å². The van der Waals surface area contributed by atoms with Gasteiger partial charge in [0.05, 0.1) is 18.4 Å². The summed E-state index contributed by atoms with van der Waals surface area (Å²) in [6, 6.07) is 0. The molecule has 1 spiro atoms. The Morgan fingerprint density at radius 1 is 1.60 bits per heavy atom. The molecule has 3 nitrogen and oxygen atoms in total. The van der Waals surface area contributed by atoms with Crippen LogP contribution in [0.1, 0.15) is 19.8 Å². The first-order valence-electron chi connectivity index (χ1n) is 5.29. The Kier molecular flexibility index (Phi) is 2.45. The average Bonchev–Trinajstić information content (AvgIpc) is 2.60. The lowest BCUT2D eigenvalue weighted by Gasteiger charge is -2.04. The zero-order valence-corrected chi connectivity index (χ0v) is 8.69. The molecule has 5 heteroatoms. The summed E-state index contributed by atoms with van der Waals surface area (Å²) in [7, 11) is 0. The van der Waals surface area contributed by atoms with Gasteiger partial charge < -0.3 is 10.1 Å². The molecule has 15 heavy (non-hydrogen) atoms. The smallest absolute Gasteiger partial charge is 0.306 e. The highest BCUT2D eigenvalue weighted by molar-refractivity contribution is 5.71. The topological polar surface area (TPSA) is 38.3 Å². The molecule has 2 unspecified atom stereocenters. The summed E-state index contributed by atoms with van der Waals surface area (Å²) in [6.07, 6.45) is 0.312. The van der Waals surface area contributed by atoms with Crippen molar-refractivity contribution in [2.75, 3.05) is 19.7 Å². The van der Waals surface area contributed by atoms with Gasteiger partial charge in [-0.2, -0.15) is 0 Å². The number of hydrogen-bond acceptors (Lipinski definition) is 3. The van der Waals surface area contributed by atoms with Crippen molar-refractivity contribution in [3.8, 4) is 0 Å². The lowest BCUT2D eigenvalue weighted by Crippen LogP contribution is -2.15. The van der Waals surface area contributed by atoms with E-state index in [0.717, 1.165) is 0 Å². The summed E-state index contributed by atoms with van der Waals surface area (Å²) >= 11 is 0. The van der Waals surface area contributed by atoms with Crippen LogP contribution < -0.4 is 5.32 Å². The Bertz CT molecular complexity index is 275. The van der Waals surface area contributed by atoms with Gasteiger partial charge in [0.15, 0.2) is 0 Å². The van der Waals surface area contributed by atoms with Gasteiger partial charge in [-0.05, 0) is 19.9 Å². The van der Waals surface area contributed by atoms with Gasteiger partial charge in [-0.25, -0.2) is 8.78 Å². The Balaban J connectivity index is 1.97. The van der Waals surface area contributed by atoms with Crippen molar-refractivity contribution in [1.29, 1.82) is 0 Å². The molecule has 2 aliphatic rings. The lowest BCUT2D eigenvalue weighted by molar-refractivity contribution is -0.144. The minimum absolute atomic E-state index is 0.150. The van der Waals surface area contributed by atoms with Crippen molar-refractivity contribution < 1.29 is 18.3 Å². The Morgan fingerprint density at radius 3 is 2.87 bits per heavy atom. The van der Waals surface area contributed by atoms with Crippen LogP contribution in [0.15, 0.2) is 0 Å². The van der Waals surface area contributed by atoms with E-state index < -0.39 is 23.2 Å². The molecule has 86 valence electrons. The maximum absolute atomic E-state index is 13.5. The van der Waals surface area contributed by atoms with Gasteiger partial charge in [0.25, 0.3) is 5.92 Å². The number of rotatable bonds is 3. The molecule has 1 saturated carbocycles. The number of halogens is 2. The zero-order valence-electron chi connectivity index (χ0n) is 8.69. The summed E-state index contributed by atoms with van der Waals surface area (Å²) < 4.78 is 31.7. The number of carbonyl (C=O) groups excluding carboxylic acids is 1. The zero-order chi connectivity index (χ0) is 11.1. The van der Waals surface area contributed by atoms with Crippen LogP contribution in [0.4, 0.5) is 8.78 Å². The van der Waals surface area contributed by atoms with E-state index in [1.165, 1.54) is 0 Å². The second kappa shape index (κ2) is 3.40. The normalized spacial score (nSPS) is 36.9. The first kappa shape index (κ1) is 10.8. The van der Waals surface area contributed by atoms with E-state index in [-0.39, 0.29) is 13.0 Å². The van der Waals surface area contributed by atoms with Crippen LogP contribution in [-0.4, -0.2) is 31.6 Å². The van der Waals surface area contributed by atoms with E-state index >= 15 is 0 Å². The largest absolute Gasteiger partial charge is 0.466 e. The van der Waals surface area contributed by atoms with E-state index in [9.17, 15) is 13.6 Å². The van der Waals surface area contributed by atoms with Crippen LogP contribution in [-0.2, 0) is 9.53 Å². The van der Waals surface area contributed by atoms with Gasteiger partial charge in [-0.1, -0.05) is 0 Å². The maximum atomic E-state index is 13.5. The number of nitrogens with one attached hydrogen (secondary N) is 1. The molecular formula is C10H15F2NO2. The molecule has 0 amide bonds. The molecule has 2 fully saturated rings. The fourth-order valence-corrected chi connectivity index (χ4v) is 2.59. The van der Waals surface area contributed by atoms with Crippen molar-refractivity contribution in [2.45, 2.75) is 25.7 Å². The van der Waals surface area contributed by atoms with Gasteiger partial charge >= 0.3 is 5.97 Å². The third kappa shape index (κ3) is 1.44. The van der Waals surface area contributed by atoms with Gasteiger partial charge in [0, 0.05) is 12.5 Å². The second-order valence-corrected chi connectivity index (χ2v) is 4.27. The van der Waals surface area contributed by atoms with Crippen molar-refractivity contribution in [2.24, 2.45) is 11.3 Å².